The molecule has 0 radical (unpaired) electrons. The number of benzene rings is 3. The Labute approximate surface area is 193 Å². The number of ether oxygens (including phenoxy) is 1. The lowest BCUT2D eigenvalue weighted by atomic mass is 9.83. The van der Waals surface area contributed by atoms with Gasteiger partial charge in [0.25, 0.3) is 0 Å². The van der Waals surface area contributed by atoms with Gasteiger partial charge in [-0.1, -0.05) is 84.4 Å². The summed E-state index contributed by atoms with van der Waals surface area (Å²) in [5.41, 5.74) is 3.92. The van der Waals surface area contributed by atoms with Crippen LogP contribution in [0.25, 0.3) is 0 Å². The van der Waals surface area contributed by atoms with Gasteiger partial charge in [0.05, 0.1) is 12.1 Å². The molecule has 0 N–H and O–H groups in total. The molecule has 1 atom stereocenters. The molecular formula is C27H24ClNO3. The Morgan fingerprint density at radius 1 is 0.938 bits per heavy atom. The van der Waals surface area contributed by atoms with Gasteiger partial charge in [-0.15, -0.1) is 0 Å². The van der Waals surface area contributed by atoms with Gasteiger partial charge in [-0.05, 0) is 35.7 Å². The lowest BCUT2D eigenvalue weighted by Crippen LogP contribution is -2.38. The van der Waals surface area contributed by atoms with Crippen LogP contribution in [-0.2, 0) is 27.5 Å². The fraction of sp³-hybridized carbons (Fsp3) is 0.185. The van der Waals surface area contributed by atoms with Gasteiger partial charge in [0, 0.05) is 23.1 Å². The Bertz CT molecular complexity index is 1120. The highest BCUT2D eigenvalue weighted by Crippen LogP contribution is 2.38. The van der Waals surface area contributed by atoms with E-state index in [-0.39, 0.29) is 24.9 Å². The summed E-state index contributed by atoms with van der Waals surface area (Å²) in [5, 5.41) is 0.607. The molecule has 0 spiro atoms. The lowest BCUT2D eigenvalue weighted by Gasteiger charge is -2.34. The Kier molecular flexibility index (Phi) is 6.72. The molecule has 1 aliphatic rings. The number of halogens is 1. The average Bonchev–Trinajstić information content (AvgIpc) is 2.82. The first-order valence-electron chi connectivity index (χ1n) is 10.5. The van der Waals surface area contributed by atoms with Crippen molar-refractivity contribution in [2.45, 2.75) is 32.4 Å². The molecule has 1 unspecified atom stereocenters. The van der Waals surface area contributed by atoms with E-state index in [4.69, 9.17) is 16.3 Å². The van der Waals surface area contributed by atoms with Crippen molar-refractivity contribution in [1.82, 2.24) is 4.90 Å². The molecule has 1 amide bonds. The number of amides is 1. The Hall–Kier alpha value is -3.37. The van der Waals surface area contributed by atoms with E-state index in [1.54, 1.807) is 17.0 Å². The SMILES string of the molecule is CC1=C(C(=O)OCc2ccccc2)C(c2ccc(Cl)cc2)CC(=O)N1Cc1ccccc1. The third kappa shape index (κ3) is 4.92. The number of carbonyl (C=O) groups excluding carboxylic acids is 2. The Morgan fingerprint density at radius 2 is 1.53 bits per heavy atom. The minimum Gasteiger partial charge on any atom is -0.457 e. The number of esters is 1. The van der Waals surface area contributed by atoms with Crippen molar-refractivity contribution in [3.05, 3.63) is 118 Å². The summed E-state index contributed by atoms with van der Waals surface area (Å²) in [4.78, 5) is 28.1. The van der Waals surface area contributed by atoms with Crippen LogP contribution in [0.3, 0.4) is 0 Å². The molecule has 0 saturated heterocycles. The first-order chi connectivity index (χ1) is 15.5. The zero-order chi connectivity index (χ0) is 22.5. The fourth-order valence-electron chi connectivity index (χ4n) is 4.01. The van der Waals surface area contributed by atoms with E-state index in [0.717, 1.165) is 16.7 Å². The van der Waals surface area contributed by atoms with Crippen LogP contribution in [0.5, 0.6) is 0 Å². The normalized spacial score (nSPS) is 16.2. The lowest BCUT2D eigenvalue weighted by molar-refractivity contribution is -0.141. The first-order valence-corrected chi connectivity index (χ1v) is 10.9. The van der Waals surface area contributed by atoms with Crippen molar-refractivity contribution >= 4 is 23.5 Å². The van der Waals surface area contributed by atoms with Crippen molar-refractivity contribution in [2.75, 3.05) is 0 Å². The van der Waals surface area contributed by atoms with Crippen LogP contribution >= 0.6 is 11.6 Å². The molecule has 4 rings (SSSR count). The van der Waals surface area contributed by atoms with Crippen LogP contribution in [0.15, 0.2) is 96.2 Å². The van der Waals surface area contributed by atoms with Gasteiger partial charge in [0.1, 0.15) is 6.61 Å². The topological polar surface area (TPSA) is 46.6 Å². The maximum atomic E-state index is 13.3. The molecule has 0 bridgehead atoms. The molecule has 0 aromatic heterocycles. The summed E-state index contributed by atoms with van der Waals surface area (Å²) in [6.45, 7) is 2.41. The first kappa shape index (κ1) is 21.8. The zero-order valence-electron chi connectivity index (χ0n) is 17.8. The van der Waals surface area contributed by atoms with Crippen LogP contribution in [-0.4, -0.2) is 16.8 Å². The molecule has 0 aliphatic carbocycles. The van der Waals surface area contributed by atoms with E-state index in [1.807, 2.05) is 79.7 Å². The van der Waals surface area contributed by atoms with Gasteiger partial charge in [-0.25, -0.2) is 4.79 Å². The maximum Gasteiger partial charge on any atom is 0.336 e. The van der Waals surface area contributed by atoms with Crippen LogP contribution in [0.4, 0.5) is 0 Å². The quantitative estimate of drug-likeness (QED) is 0.445. The fourth-order valence-corrected chi connectivity index (χ4v) is 4.14. The van der Waals surface area contributed by atoms with Gasteiger partial charge in [-0.3, -0.25) is 4.79 Å². The second kappa shape index (κ2) is 9.84. The van der Waals surface area contributed by atoms with Gasteiger partial charge >= 0.3 is 5.97 Å². The minimum absolute atomic E-state index is 0.0223. The molecule has 0 saturated carbocycles. The van der Waals surface area contributed by atoms with E-state index >= 15 is 0 Å². The summed E-state index contributed by atoms with van der Waals surface area (Å²) in [6.07, 6.45) is 0.196. The Balaban J connectivity index is 1.67. The second-order valence-electron chi connectivity index (χ2n) is 7.83. The molecule has 1 aliphatic heterocycles. The molecule has 5 heteroatoms. The van der Waals surface area contributed by atoms with Crippen molar-refractivity contribution in [1.29, 1.82) is 0 Å². The van der Waals surface area contributed by atoms with E-state index < -0.39 is 5.97 Å². The molecule has 0 fully saturated rings. The van der Waals surface area contributed by atoms with Crippen molar-refractivity contribution < 1.29 is 14.3 Å². The highest BCUT2D eigenvalue weighted by Gasteiger charge is 2.37. The van der Waals surface area contributed by atoms with Crippen LogP contribution < -0.4 is 0 Å². The highest BCUT2D eigenvalue weighted by atomic mass is 35.5. The van der Waals surface area contributed by atoms with Crippen molar-refractivity contribution in [3.8, 4) is 0 Å². The smallest absolute Gasteiger partial charge is 0.336 e. The maximum absolute atomic E-state index is 13.3. The minimum atomic E-state index is -0.406. The number of carbonyl (C=O) groups is 2. The molecule has 4 nitrogen and oxygen atoms in total. The standard InChI is InChI=1S/C27H24ClNO3/c1-19-26(27(31)32-18-21-10-6-3-7-11-21)24(22-12-14-23(28)15-13-22)16-25(30)29(19)17-20-8-4-2-5-9-20/h2-15,24H,16-18H2,1H3. The van der Waals surface area contributed by atoms with E-state index in [9.17, 15) is 9.59 Å². The monoisotopic (exact) mass is 445 g/mol. The summed E-state index contributed by atoms with van der Waals surface area (Å²) < 4.78 is 5.69. The van der Waals surface area contributed by atoms with E-state index in [0.29, 0.717) is 22.8 Å². The zero-order valence-corrected chi connectivity index (χ0v) is 18.6. The van der Waals surface area contributed by atoms with Crippen LogP contribution in [0.2, 0.25) is 5.02 Å². The Morgan fingerprint density at radius 3 is 2.16 bits per heavy atom. The number of nitrogens with zero attached hydrogens (tertiary/aromatic N) is 1. The van der Waals surface area contributed by atoms with Gasteiger partial charge in [0.15, 0.2) is 0 Å². The molecule has 162 valence electrons. The average molecular weight is 446 g/mol. The molecule has 3 aromatic carbocycles. The van der Waals surface area contributed by atoms with Gasteiger partial charge < -0.3 is 9.64 Å². The van der Waals surface area contributed by atoms with E-state index in [2.05, 4.69) is 0 Å². The highest BCUT2D eigenvalue weighted by molar-refractivity contribution is 6.30. The second-order valence-corrected chi connectivity index (χ2v) is 8.27. The third-order valence-corrected chi connectivity index (χ3v) is 5.96. The molecule has 3 aromatic rings. The van der Waals surface area contributed by atoms with Gasteiger partial charge in [0.2, 0.25) is 5.91 Å². The van der Waals surface area contributed by atoms with Crippen molar-refractivity contribution in [3.63, 3.8) is 0 Å². The molecular weight excluding hydrogens is 422 g/mol. The molecule has 32 heavy (non-hydrogen) atoms. The summed E-state index contributed by atoms with van der Waals surface area (Å²) in [5.74, 6) is -0.808. The summed E-state index contributed by atoms with van der Waals surface area (Å²) >= 11 is 6.06. The number of hydrogen-bond donors (Lipinski definition) is 0. The predicted molar refractivity (Wildman–Crippen MR) is 125 cm³/mol. The number of hydrogen-bond acceptors (Lipinski definition) is 3. The van der Waals surface area contributed by atoms with Crippen LogP contribution in [0.1, 0.15) is 36.0 Å². The van der Waals surface area contributed by atoms with Crippen LogP contribution in [0, 0.1) is 0 Å². The number of allylic oxidation sites excluding steroid dienone is 1. The number of rotatable bonds is 6. The van der Waals surface area contributed by atoms with E-state index in [1.165, 1.54) is 0 Å². The summed E-state index contributed by atoms with van der Waals surface area (Å²) in [7, 11) is 0. The summed E-state index contributed by atoms with van der Waals surface area (Å²) in [6, 6.07) is 26.6. The molecule has 1 heterocycles. The third-order valence-electron chi connectivity index (χ3n) is 5.71. The predicted octanol–water partition coefficient (Wildman–Crippen LogP) is 5.87. The van der Waals surface area contributed by atoms with Crippen molar-refractivity contribution in [2.24, 2.45) is 0 Å². The largest absolute Gasteiger partial charge is 0.457 e. The van der Waals surface area contributed by atoms with Gasteiger partial charge in [-0.2, -0.15) is 0 Å².